The summed E-state index contributed by atoms with van der Waals surface area (Å²) in [6.45, 7) is 20.1. The highest BCUT2D eigenvalue weighted by atomic mass is 15.1. The van der Waals surface area contributed by atoms with Gasteiger partial charge >= 0.3 is 0 Å². The van der Waals surface area contributed by atoms with Gasteiger partial charge in [0.05, 0.1) is 0 Å². The second-order valence-corrected chi connectivity index (χ2v) is 4.70. The molecule has 0 unspecified atom stereocenters. The van der Waals surface area contributed by atoms with Gasteiger partial charge in [-0.3, -0.25) is 0 Å². The van der Waals surface area contributed by atoms with Crippen LogP contribution in [0.5, 0.6) is 0 Å². The van der Waals surface area contributed by atoms with Crippen molar-refractivity contribution in [2.75, 3.05) is 20.1 Å². The minimum absolute atomic E-state index is 0.644. The van der Waals surface area contributed by atoms with E-state index >= 15 is 0 Å². The molecule has 1 aliphatic heterocycles. The van der Waals surface area contributed by atoms with Crippen molar-refractivity contribution >= 4 is 18.1 Å². The Morgan fingerprint density at radius 1 is 1.13 bits per heavy atom. The monoisotopic (exact) mass is 321 g/mol. The molecule has 0 amide bonds. The maximum Gasteiger partial charge on any atom is 0.136 e. The number of aromatic nitrogens is 1. The lowest BCUT2D eigenvalue weighted by Gasteiger charge is -2.28. The Kier molecular flexibility index (Phi) is 16.2. The zero-order valence-electron chi connectivity index (χ0n) is 16.7. The maximum atomic E-state index is 4.35. The number of hydrogen-bond donors (Lipinski definition) is 1. The average molecular weight is 322 g/mol. The standard InChI is InChI=1S/C14H21N3.3C2H6/c1-4-11-10-13(16-14(11)15-5-2)12-6-8-17(3)9-7-12;3*1-2/h4-5,10,12,16H,1,6-9H2,2-3H3;3*1-2H3/b15-5-;;;. The largest absolute Gasteiger partial charge is 0.343 e. The van der Waals surface area contributed by atoms with Crippen LogP contribution in [0.1, 0.15) is 78.5 Å². The highest BCUT2D eigenvalue weighted by Gasteiger charge is 2.20. The second kappa shape index (κ2) is 15.5. The van der Waals surface area contributed by atoms with Crippen molar-refractivity contribution in [1.82, 2.24) is 9.88 Å². The summed E-state index contributed by atoms with van der Waals surface area (Å²) in [5.41, 5.74) is 2.42. The highest BCUT2D eigenvalue weighted by molar-refractivity contribution is 5.67. The van der Waals surface area contributed by atoms with E-state index < -0.39 is 0 Å². The van der Waals surface area contributed by atoms with Gasteiger partial charge in [0.2, 0.25) is 0 Å². The quantitative estimate of drug-likeness (QED) is 0.654. The van der Waals surface area contributed by atoms with Crippen LogP contribution in [0, 0.1) is 0 Å². The Morgan fingerprint density at radius 2 is 1.65 bits per heavy atom. The number of piperidine rings is 1. The zero-order chi connectivity index (χ0) is 18.3. The van der Waals surface area contributed by atoms with Crippen molar-refractivity contribution in [2.24, 2.45) is 4.99 Å². The van der Waals surface area contributed by atoms with Crippen molar-refractivity contribution in [2.45, 2.75) is 67.2 Å². The van der Waals surface area contributed by atoms with E-state index in [1.807, 2.05) is 60.8 Å². The van der Waals surface area contributed by atoms with Crippen LogP contribution in [0.2, 0.25) is 0 Å². The lowest BCUT2D eigenvalue weighted by Crippen LogP contribution is -2.29. The van der Waals surface area contributed by atoms with Crippen molar-refractivity contribution < 1.29 is 0 Å². The number of hydrogen-bond acceptors (Lipinski definition) is 2. The summed E-state index contributed by atoms with van der Waals surface area (Å²) in [6.07, 6.45) is 6.14. The van der Waals surface area contributed by atoms with Gasteiger partial charge in [0.15, 0.2) is 0 Å². The predicted octanol–water partition coefficient (Wildman–Crippen LogP) is 6.27. The fraction of sp³-hybridized carbons (Fsp3) is 0.650. The van der Waals surface area contributed by atoms with Crippen LogP contribution in [-0.2, 0) is 0 Å². The van der Waals surface area contributed by atoms with Gasteiger partial charge in [-0.2, -0.15) is 0 Å². The van der Waals surface area contributed by atoms with Crippen LogP contribution >= 0.6 is 0 Å². The molecule has 134 valence electrons. The molecule has 3 nitrogen and oxygen atoms in total. The molecule has 0 radical (unpaired) electrons. The van der Waals surface area contributed by atoms with Gasteiger partial charge in [-0.15, -0.1) is 0 Å². The van der Waals surface area contributed by atoms with Gasteiger partial charge in [0, 0.05) is 23.4 Å². The molecular formula is C20H39N3. The first kappa shape index (κ1) is 23.9. The van der Waals surface area contributed by atoms with Crippen molar-refractivity contribution in [3.63, 3.8) is 0 Å². The fourth-order valence-electron chi connectivity index (χ4n) is 2.41. The number of rotatable bonds is 3. The Bertz CT molecular complexity index is 411. The molecule has 0 atom stereocenters. The summed E-state index contributed by atoms with van der Waals surface area (Å²) < 4.78 is 0. The predicted molar refractivity (Wildman–Crippen MR) is 108 cm³/mol. The van der Waals surface area contributed by atoms with Crippen molar-refractivity contribution in [3.8, 4) is 0 Å². The maximum absolute atomic E-state index is 4.35. The molecule has 0 saturated carbocycles. The van der Waals surface area contributed by atoms with E-state index in [0.717, 1.165) is 11.4 Å². The van der Waals surface area contributed by atoms with Crippen LogP contribution in [0.15, 0.2) is 17.6 Å². The minimum Gasteiger partial charge on any atom is -0.343 e. The first-order valence-electron chi connectivity index (χ1n) is 9.27. The molecular weight excluding hydrogens is 282 g/mol. The molecule has 1 aromatic heterocycles. The molecule has 1 N–H and O–H groups in total. The third-order valence-corrected chi connectivity index (χ3v) is 3.48. The first-order valence-corrected chi connectivity index (χ1v) is 9.27. The molecule has 1 fully saturated rings. The molecule has 23 heavy (non-hydrogen) atoms. The molecule has 0 aromatic carbocycles. The molecule has 1 saturated heterocycles. The normalized spacial score (nSPS) is 14.8. The number of nitrogens with zero attached hydrogens (tertiary/aromatic N) is 2. The molecule has 1 aromatic rings. The van der Waals surface area contributed by atoms with Gasteiger partial charge in [-0.25, -0.2) is 4.99 Å². The van der Waals surface area contributed by atoms with E-state index in [9.17, 15) is 0 Å². The minimum atomic E-state index is 0.644. The summed E-state index contributed by atoms with van der Waals surface area (Å²) in [5.74, 6) is 1.59. The lowest BCUT2D eigenvalue weighted by atomic mass is 9.94. The lowest BCUT2D eigenvalue weighted by molar-refractivity contribution is 0.253. The van der Waals surface area contributed by atoms with E-state index in [1.54, 1.807) is 0 Å². The fourth-order valence-corrected chi connectivity index (χ4v) is 2.41. The second-order valence-electron chi connectivity index (χ2n) is 4.70. The van der Waals surface area contributed by atoms with E-state index in [4.69, 9.17) is 0 Å². The molecule has 2 heterocycles. The Morgan fingerprint density at radius 3 is 2.09 bits per heavy atom. The smallest absolute Gasteiger partial charge is 0.136 e. The molecule has 2 rings (SSSR count). The summed E-state index contributed by atoms with van der Waals surface area (Å²) in [4.78, 5) is 10.2. The Labute approximate surface area is 144 Å². The van der Waals surface area contributed by atoms with E-state index in [0.29, 0.717) is 5.92 Å². The molecule has 0 aliphatic carbocycles. The van der Waals surface area contributed by atoms with Gasteiger partial charge in [-0.1, -0.05) is 54.2 Å². The topological polar surface area (TPSA) is 31.4 Å². The van der Waals surface area contributed by atoms with Gasteiger partial charge in [-0.05, 0) is 46.0 Å². The van der Waals surface area contributed by atoms with E-state index in [2.05, 4.69) is 34.6 Å². The number of likely N-dealkylation sites (tertiary alicyclic amines) is 1. The Hall–Kier alpha value is -1.35. The molecule has 3 heteroatoms. The van der Waals surface area contributed by atoms with Crippen LogP contribution in [-0.4, -0.2) is 36.2 Å². The number of nitrogens with one attached hydrogen (secondary N) is 1. The highest BCUT2D eigenvalue weighted by Crippen LogP contribution is 2.31. The van der Waals surface area contributed by atoms with Crippen LogP contribution in [0.4, 0.5) is 5.82 Å². The number of aromatic amines is 1. The van der Waals surface area contributed by atoms with Gasteiger partial charge < -0.3 is 9.88 Å². The van der Waals surface area contributed by atoms with Crippen molar-refractivity contribution in [3.05, 3.63) is 23.9 Å². The molecule has 0 bridgehead atoms. The van der Waals surface area contributed by atoms with Gasteiger partial charge in [0.1, 0.15) is 5.82 Å². The Balaban J connectivity index is 0. The average Bonchev–Trinajstić information content (AvgIpc) is 3.04. The van der Waals surface area contributed by atoms with E-state index in [-0.39, 0.29) is 0 Å². The first-order chi connectivity index (χ1) is 11.2. The number of aliphatic imine (C=N–C) groups is 1. The summed E-state index contributed by atoms with van der Waals surface area (Å²) in [6, 6.07) is 2.20. The third-order valence-electron chi connectivity index (χ3n) is 3.48. The van der Waals surface area contributed by atoms with Gasteiger partial charge in [0.25, 0.3) is 0 Å². The number of H-pyrrole nitrogens is 1. The molecule has 0 spiro atoms. The third kappa shape index (κ3) is 8.17. The van der Waals surface area contributed by atoms with Crippen LogP contribution in [0.3, 0.4) is 0 Å². The summed E-state index contributed by atoms with van der Waals surface area (Å²) in [7, 11) is 2.19. The molecule has 1 aliphatic rings. The van der Waals surface area contributed by atoms with Crippen molar-refractivity contribution in [1.29, 1.82) is 0 Å². The van der Waals surface area contributed by atoms with E-state index in [1.165, 1.54) is 31.6 Å². The summed E-state index contributed by atoms with van der Waals surface area (Å²) in [5, 5.41) is 0. The van der Waals surface area contributed by atoms with Crippen LogP contribution < -0.4 is 0 Å². The SMILES string of the molecule is C=Cc1cc(C2CCN(C)CC2)[nH]c1/N=C\C.CC.CC.CC. The zero-order valence-corrected chi connectivity index (χ0v) is 16.7. The van der Waals surface area contributed by atoms with Crippen LogP contribution in [0.25, 0.3) is 6.08 Å². The summed E-state index contributed by atoms with van der Waals surface area (Å²) >= 11 is 0.